The summed E-state index contributed by atoms with van der Waals surface area (Å²) in [6.07, 6.45) is 2.48. The van der Waals surface area contributed by atoms with E-state index in [2.05, 4.69) is 6.92 Å². The number of piperidine rings is 1. The van der Waals surface area contributed by atoms with Crippen LogP contribution in [0.4, 0.5) is 0 Å². The Morgan fingerprint density at radius 2 is 1.81 bits per heavy atom. The minimum absolute atomic E-state index is 0.0529. The van der Waals surface area contributed by atoms with Gasteiger partial charge in [-0.2, -0.15) is 16.1 Å². The number of hydrogen-bond acceptors (Lipinski definition) is 4. The summed E-state index contributed by atoms with van der Waals surface area (Å²) in [6.45, 7) is 3.94. The fourth-order valence-electron chi connectivity index (χ4n) is 3.84. The Labute approximate surface area is 193 Å². The molecule has 2 aromatic rings. The smallest absolute Gasteiger partial charge is 0.308 e. The summed E-state index contributed by atoms with van der Waals surface area (Å²) in [4.78, 5) is 12.3. The Morgan fingerprint density at radius 1 is 1.16 bits per heavy atom. The molecule has 2 aromatic carbocycles. The normalized spacial score (nSPS) is 22.4. The molecule has 1 saturated heterocycles. The average molecular weight is 482 g/mol. The van der Waals surface area contributed by atoms with Crippen LogP contribution in [0.15, 0.2) is 53.4 Å². The van der Waals surface area contributed by atoms with E-state index in [-0.39, 0.29) is 16.7 Å². The fourth-order valence-corrected chi connectivity index (χ4v) is 7.13. The molecular formula is C23H28ClNO4S2. The third-order valence-electron chi connectivity index (χ3n) is 5.66. The number of nitrogens with zero attached hydrogens (tertiary/aromatic N) is 1. The summed E-state index contributed by atoms with van der Waals surface area (Å²) in [6, 6.07) is 13.4. The summed E-state index contributed by atoms with van der Waals surface area (Å²) < 4.78 is 28.5. The molecule has 0 bridgehead atoms. The molecule has 168 valence electrons. The number of aliphatic carboxylic acids is 1. The molecule has 5 nitrogen and oxygen atoms in total. The number of aryl methyl sites for hydroxylation is 1. The largest absolute Gasteiger partial charge is 0.481 e. The lowest BCUT2D eigenvalue weighted by Gasteiger charge is -2.41. The highest BCUT2D eigenvalue weighted by molar-refractivity contribution is 7.99. The van der Waals surface area contributed by atoms with Crippen molar-refractivity contribution < 1.29 is 18.3 Å². The Kier molecular flexibility index (Phi) is 8.08. The van der Waals surface area contributed by atoms with Crippen LogP contribution in [0.5, 0.6) is 0 Å². The number of carboxylic acid groups (broad SMARTS) is 1. The zero-order valence-corrected chi connectivity index (χ0v) is 20.1. The highest BCUT2D eigenvalue weighted by Gasteiger charge is 2.45. The third-order valence-corrected chi connectivity index (χ3v) is 9.27. The van der Waals surface area contributed by atoms with Crippen molar-refractivity contribution in [2.24, 2.45) is 5.92 Å². The molecule has 0 aromatic heterocycles. The molecule has 3 rings (SSSR count). The number of carbonyl (C=O) groups is 1. The maximum Gasteiger partial charge on any atom is 0.308 e. The second kappa shape index (κ2) is 10.4. The lowest BCUT2D eigenvalue weighted by molar-refractivity contribution is -0.143. The lowest BCUT2D eigenvalue weighted by Crippen LogP contribution is -2.49. The van der Waals surface area contributed by atoms with Crippen LogP contribution >= 0.6 is 23.4 Å². The number of carboxylic acids is 1. The van der Waals surface area contributed by atoms with Crippen molar-refractivity contribution in [1.82, 2.24) is 4.31 Å². The summed E-state index contributed by atoms with van der Waals surface area (Å²) in [7, 11) is -3.87. The first kappa shape index (κ1) is 24.1. The van der Waals surface area contributed by atoms with Gasteiger partial charge in [0.05, 0.1) is 16.9 Å². The second-order valence-electron chi connectivity index (χ2n) is 7.90. The topological polar surface area (TPSA) is 74.7 Å². The van der Waals surface area contributed by atoms with Gasteiger partial charge in [-0.3, -0.25) is 4.79 Å². The van der Waals surface area contributed by atoms with Gasteiger partial charge in [-0.05, 0) is 55.3 Å². The molecule has 8 heteroatoms. The molecule has 0 unspecified atom stereocenters. The van der Waals surface area contributed by atoms with Crippen LogP contribution < -0.4 is 0 Å². The number of hydrogen-bond donors (Lipinski definition) is 1. The van der Waals surface area contributed by atoms with E-state index in [0.29, 0.717) is 11.4 Å². The Bertz CT molecular complexity index is 993. The van der Waals surface area contributed by atoms with E-state index in [1.54, 1.807) is 48.2 Å². The van der Waals surface area contributed by atoms with E-state index < -0.39 is 28.0 Å². The Morgan fingerprint density at radius 3 is 2.39 bits per heavy atom. The minimum atomic E-state index is -3.87. The first-order valence-corrected chi connectivity index (χ1v) is 13.3. The van der Waals surface area contributed by atoms with E-state index in [9.17, 15) is 18.3 Å². The first-order chi connectivity index (χ1) is 14.7. The van der Waals surface area contributed by atoms with Crippen molar-refractivity contribution in [3.8, 4) is 0 Å². The van der Waals surface area contributed by atoms with Crippen molar-refractivity contribution in [2.75, 3.05) is 12.3 Å². The highest BCUT2D eigenvalue weighted by Crippen LogP contribution is 2.42. The molecule has 1 aliphatic rings. The van der Waals surface area contributed by atoms with Gasteiger partial charge in [0.15, 0.2) is 0 Å². The molecule has 31 heavy (non-hydrogen) atoms. The van der Waals surface area contributed by atoms with Crippen molar-refractivity contribution >= 4 is 39.4 Å². The molecule has 0 spiro atoms. The molecule has 0 aliphatic carbocycles. The maximum atomic E-state index is 13.6. The van der Waals surface area contributed by atoms with Crippen LogP contribution in [0.2, 0.25) is 5.02 Å². The van der Waals surface area contributed by atoms with E-state index in [4.69, 9.17) is 11.6 Å². The van der Waals surface area contributed by atoms with Gasteiger partial charge < -0.3 is 5.11 Å². The number of rotatable bonds is 8. The minimum Gasteiger partial charge on any atom is -0.481 e. The SMILES string of the molecule is CCCCS[C@@H]1C[C@@H](c2ccc(Cl)cc2)N(S(=O)(=O)c2ccc(C)cc2)C[C@H]1C(=O)O. The monoisotopic (exact) mass is 481 g/mol. The van der Waals surface area contributed by atoms with Crippen LogP contribution in [-0.2, 0) is 14.8 Å². The number of halogens is 1. The molecule has 1 aliphatic heterocycles. The summed E-state index contributed by atoms with van der Waals surface area (Å²) in [5.41, 5.74) is 1.78. The molecule has 0 amide bonds. The second-order valence-corrected chi connectivity index (χ2v) is 11.6. The van der Waals surface area contributed by atoms with Crippen LogP contribution in [0, 0.1) is 12.8 Å². The molecule has 0 saturated carbocycles. The van der Waals surface area contributed by atoms with Gasteiger partial charge >= 0.3 is 5.97 Å². The van der Waals surface area contributed by atoms with E-state index in [0.717, 1.165) is 29.7 Å². The highest BCUT2D eigenvalue weighted by atomic mass is 35.5. The van der Waals surface area contributed by atoms with Crippen molar-refractivity contribution in [2.45, 2.75) is 49.3 Å². The number of sulfonamides is 1. The Hall–Kier alpha value is -1.54. The molecule has 1 heterocycles. The molecular weight excluding hydrogens is 454 g/mol. The molecule has 0 radical (unpaired) electrons. The summed E-state index contributed by atoms with van der Waals surface area (Å²) in [5.74, 6) is -0.846. The fraction of sp³-hybridized carbons (Fsp3) is 0.435. The van der Waals surface area contributed by atoms with Gasteiger partial charge in [0, 0.05) is 16.8 Å². The quantitative estimate of drug-likeness (QED) is 0.512. The predicted octanol–water partition coefficient (Wildman–Crippen LogP) is 5.39. The maximum absolute atomic E-state index is 13.6. The zero-order valence-electron chi connectivity index (χ0n) is 17.7. The van der Waals surface area contributed by atoms with E-state index in [1.165, 1.54) is 4.31 Å². The first-order valence-electron chi connectivity index (χ1n) is 10.4. The number of benzene rings is 2. The predicted molar refractivity (Wildman–Crippen MR) is 126 cm³/mol. The van der Waals surface area contributed by atoms with Gasteiger partial charge in [-0.15, -0.1) is 0 Å². The zero-order chi connectivity index (χ0) is 22.6. The molecule has 1 fully saturated rings. The Balaban J connectivity index is 2.01. The van der Waals surface area contributed by atoms with Crippen LogP contribution in [0.3, 0.4) is 0 Å². The van der Waals surface area contributed by atoms with Crippen LogP contribution in [0.1, 0.15) is 43.4 Å². The van der Waals surface area contributed by atoms with Crippen molar-refractivity contribution in [3.63, 3.8) is 0 Å². The number of thioether (sulfide) groups is 1. The molecule has 1 N–H and O–H groups in total. The van der Waals surface area contributed by atoms with Gasteiger partial charge in [0.2, 0.25) is 10.0 Å². The standard InChI is InChI=1S/C23H28ClNO4S2/c1-3-4-13-30-22-14-21(17-7-9-18(24)10-8-17)25(15-20(22)23(26)27)31(28,29)19-11-5-16(2)6-12-19/h5-12,20-22H,3-4,13-15H2,1-2H3,(H,26,27)/t20-,21+,22-/m1/s1. The summed E-state index contributed by atoms with van der Waals surface area (Å²) in [5, 5.41) is 10.3. The van der Waals surface area contributed by atoms with Crippen LogP contribution in [0.25, 0.3) is 0 Å². The number of unbranched alkanes of at least 4 members (excludes halogenated alkanes) is 1. The van der Waals surface area contributed by atoms with Gasteiger partial charge in [-0.1, -0.05) is 54.8 Å². The van der Waals surface area contributed by atoms with Gasteiger partial charge in [-0.25, -0.2) is 8.42 Å². The lowest BCUT2D eigenvalue weighted by atomic mass is 9.90. The third kappa shape index (κ3) is 5.64. The van der Waals surface area contributed by atoms with Gasteiger partial charge in [0.1, 0.15) is 0 Å². The van der Waals surface area contributed by atoms with Crippen molar-refractivity contribution in [3.05, 3.63) is 64.7 Å². The molecule has 3 atom stereocenters. The average Bonchev–Trinajstić information content (AvgIpc) is 2.74. The van der Waals surface area contributed by atoms with E-state index >= 15 is 0 Å². The van der Waals surface area contributed by atoms with Crippen LogP contribution in [-0.4, -0.2) is 41.3 Å². The summed E-state index contributed by atoms with van der Waals surface area (Å²) >= 11 is 7.69. The van der Waals surface area contributed by atoms with Crippen molar-refractivity contribution in [1.29, 1.82) is 0 Å². The van der Waals surface area contributed by atoms with Gasteiger partial charge in [0.25, 0.3) is 0 Å². The van der Waals surface area contributed by atoms with E-state index in [1.807, 2.05) is 19.1 Å².